The molecule has 2 saturated heterocycles. The van der Waals surface area contributed by atoms with E-state index < -0.39 is 0 Å². The lowest BCUT2D eigenvalue weighted by molar-refractivity contribution is 0.0254. The number of hydrogen-bond donors (Lipinski definition) is 0. The first-order valence-electron chi connectivity index (χ1n) is 11.9. The second-order valence-electron chi connectivity index (χ2n) is 8.67. The van der Waals surface area contributed by atoms with Gasteiger partial charge < -0.3 is 19.1 Å². The van der Waals surface area contributed by atoms with Crippen LogP contribution in [-0.2, 0) is 15.9 Å². The average molecular weight is 491 g/mol. The summed E-state index contributed by atoms with van der Waals surface area (Å²) in [5.41, 5.74) is 4.19. The minimum absolute atomic E-state index is 0.0776. The van der Waals surface area contributed by atoms with E-state index in [9.17, 15) is 5.26 Å². The number of ether oxygens (including phenoxy) is 3. The summed E-state index contributed by atoms with van der Waals surface area (Å²) >= 11 is 6.60. The fourth-order valence-corrected chi connectivity index (χ4v) is 4.72. The van der Waals surface area contributed by atoms with Crippen LogP contribution in [0.5, 0.6) is 5.75 Å². The third-order valence-corrected chi connectivity index (χ3v) is 6.59. The molecule has 2 aromatic carbocycles. The van der Waals surface area contributed by atoms with Gasteiger partial charge in [-0.05, 0) is 42.0 Å². The van der Waals surface area contributed by atoms with Crippen molar-refractivity contribution < 1.29 is 14.2 Å². The van der Waals surface area contributed by atoms with Crippen LogP contribution in [0, 0.1) is 11.3 Å². The molecule has 2 fully saturated rings. The Morgan fingerprint density at radius 3 is 2.60 bits per heavy atom. The molecule has 180 valence electrons. The van der Waals surface area contributed by atoms with Crippen molar-refractivity contribution in [3.05, 3.63) is 70.6 Å². The summed E-state index contributed by atoms with van der Waals surface area (Å²) in [5.74, 6) is 1.30. The van der Waals surface area contributed by atoms with Crippen LogP contribution in [0.3, 0.4) is 0 Å². The molecule has 1 aromatic heterocycles. The maximum atomic E-state index is 9.70. The van der Waals surface area contributed by atoms with Gasteiger partial charge in [0.25, 0.3) is 0 Å². The number of benzene rings is 2. The molecule has 0 saturated carbocycles. The highest BCUT2D eigenvalue weighted by Crippen LogP contribution is 2.30. The van der Waals surface area contributed by atoms with Gasteiger partial charge in [0.05, 0.1) is 48.4 Å². The van der Waals surface area contributed by atoms with Crippen molar-refractivity contribution in [1.82, 2.24) is 9.97 Å². The Balaban J connectivity index is 1.31. The minimum Gasteiger partial charge on any atom is -0.489 e. The Labute approximate surface area is 210 Å². The van der Waals surface area contributed by atoms with E-state index in [0.29, 0.717) is 36.8 Å². The van der Waals surface area contributed by atoms with Crippen molar-refractivity contribution in [1.29, 1.82) is 5.26 Å². The Morgan fingerprint density at radius 2 is 1.83 bits per heavy atom. The van der Waals surface area contributed by atoms with Gasteiger partial charge in [-0.25, -0.2) is 9.97 Å². The van der Waals surface area contributed by atoms with Crippen LogP contribution >= 0.6 is 11.6 Å². The molecule has 0 bridgehead atoms. The predicted octanol–water partition coefficient (Wildman–Crippen LogP) is 4.65. The lowest BCUT2D eigenvalue weighted by Gasteiger charge is -2.29. The molecule has 2 aliphatic rings. The summed E-state index contributed by atoms with van der Waals surface area (Å²) in [6.07, 6.45) is 4.06. The van der Waals surface area contributed by atoms with Crippen LogP contribution in [0.25, 0.3) is 11.3 Å². The number of hydrogen-bond acceptors (Lipinski definition) is 7. The van der Waals surface area contributed by atoms with Crippen LogP contribution < -0.4 is 9.64 Å². The number of nitriles is 1. The fourth-order valence-electron chi connectivity index (χ4n) is 4.40. The van der Waals surface area contributed by atoms with Crippen LogP contribution in [0.1, 0.15) is 29.8 Å². The van der Waals surface area contributed by atoms with Gasteiger partial charge in [0.1, 0.15) is 23.7 Å². The minimum atomic E-state index is 0.0776. The lowest BCUT2D eigenvalue weighted by Crippen LogP contribution is -2.36. The van der Waals surface area contributed by atoms with E-state index in [0.717, 1.165) is 66.7 Å². The van der Waals surface area contributed by atoms with Crippen LogP contribution in [-0.4, -0.2) is 55.6 Å². The monoisotopic (exact) mass is 490 g/mol. The first-order valence-corrected chi connectivity index (χ1v) is 12.3. The second-order valence-corrected chi connectivity index (χ2v) is 9.08. The molecule has 0 spiro atoms. The number of halogens is 1. The predicted molar refractivity (Wildman–Crippen MR) is 134 cm³/mol. The zero-order valence-corrected chi connectivity index (χ0v) is 20.2. The topological polar surface area (TPSA) is 80.5 Å². The van der Waals surface area contributed by atoms with Gasteiger partial charge in [0.2, 0.25) is 0 Å². The molecule has 0 atom stereocenters. The normalized spacial score (nSPS) is 16.6. The van der Waals surface area contributed by atoms with Gasteiger partial charge in [0.15, 0.2) is 0 Å². The van der Waals surface area contributed by atoms with Crippen LogP contribution in [0.2, 0.25) is 5.02 Å². The van der Waals surface area contributed by atoms with Crippen LogP contribution in [0.15, 0.2) is 48.7 Å². The van der Waals surface area contributed by atoms with Crippen molar-refractivity contribution in [2.24, 2.45) is 0 Å². The van der Waals surface area contributed by atoms with E-state index in [-0.39, 0.29) is 6.10 Å². The van der Waals surface area contributed by atoms with E-state index in [1.807, 2.05) is 30.3 Å². The number of morpholine rings is 1. The first kappa shape index (κ1) is 23.6. The zero-order chi connectivity index (χ0) is 24.0. The highest BCUT2D eigenvalue weighted by atomic mass is 35.5. The summed E-state index contributed by atoms with van der Waals surface area (Å²) in [6, 6.07) is 15.9. The third kappa shape index (κ3) is 5.73. The van der Waals surface area contributed by atoms with Gasteiger partial charge in [-0.15, -0.1) is 0 Å². The Bertz CT molecular complexity index is 1220. The van der Waals surface area contributed by atoms with Gasteiger partial charge in [0, 0.05) is 44.1 Å². The van der Waals surface area contributed by atoms with E-state index >= 15 is 0 Å². The molecule has 7 nitrogen and oxygen atoms in total. The van der Waals surface area contributed by atoms with Crippen molar-refractivity contribution in [2.75, 3.05) is 44.4 Å². The third-order valence-electron chi connectivity index (χ3n) is 6.29. The average Bonchev–Trinajstić information content (AvgIpc) is 2.90. The summed E-state index contributed by atoms with van der Waals surface area (Å²) in [5, 5.41) is 10.4. The molecule has 0 N–H and O–H groups in total. The Morgan fingerprint density at radius 1 is 1.03 bits per heavy atom. The maximum absolute atomic E-state index is 9.70. The fraction of sp³-hybridized carbons (Fsp3) is 0.370. The largest absolute Gasteiger partial charge is 0.489 e. The molecule has 3 aromatic rings. The molecular formula is C27H27ClN4O3. The smallest absolute Gasteiger partial charge is 0.137 e. The molecule has 0 amide bonds. The lowest BCUT2D eigenvalue weighted by atomic mass is 10.1. The van der Waals surface area contributed by atoms with Crippen molar-refractivity contribution in [2.45, 2.75) is 25.4 Å². The summed E-state index contributed by atoms with van der Waals surface area (Å²) < 4.78 is 16.9. The van der Waals surface area contributed by atoms with Gasteiger partial charge in [-0.1, -0.05) is 17.7 Å². The standard InChI is InChI=1S/C27H27ClN4O3/c28-23-15-19(1-3-25(23)32-9-13-34-14-10-32)16-27-30-8-5-24(31-27)20-2-4-26(21(17-20)18-29)35-22-6-11-33-12-7-22/h1-5,8,15,17,22H,6-7,9-14,16H2. The van der Waals surface area contributed by atoms with Crippen molar-refractivity contribution in [3.8, 4) is 23.1 Å². The molecule has 0 unspecified atom stereocenters. The number of nitrogens with zero attached hydrogens (tertiary/aromatic N) is 4. The molecule has 5 rings (SSSR count). The van der Waals surface area contributed by atoms with Crippen molar-refractivity contribution in [3.63, 3.8) is 0 Å². The van der Waals surface area contributed by atoms with Gasteiger partial charge >= 0.3 is 0 Å². The van der Waals surface area contributed by atoms with Gasteiger partial charge in [-0.3, -0.25) is 0 Å². The molecule has 3 heterocycles. The first-order chi connectivity index (χ1) is 17.2. The Kier molecular flexibility index (Phi) is 7.43. The number of aromatic nitrogens is 2. The van der Waals surface area contributed by atoms with Crippen LogP contribution in [0.4, 0.5) is 5.69 Å². The summed E-state index contributed by atoms with van der Waals surface area (Å²) in [6.45, 7) is 4.50. The molecular weight excluding hydrogens is 464 g/mol. The van der Waals surface area contributed by atoms with E-state index in [4.69, 9.17) is 30.8 Å². The van der Waals surface area contributed by atoms with E-state index in [1.54, 1.807) is 6.20 Å². The molecule has 8 heteroatoms. The zero-order valence-electron chi connectivity index (χ0n) is 19.5. The van der Waals surface area contributed by atoms with E-state index in [2.05, 4.69) is 28.1 Å². The van der Waals surface area contributed by atoms with Gasteiger partial charge in [-0.2, -0.15) is 5.26 Å². The Hall–Kier alpha value is -3.18. The quantitative estimate of drug-likeness (QED) is 0.497. The molecule has 0 radical (unpaired) electrons. The number of anilines is 1. The van der Waals surface area contributed by atoms with E-state index in [1.165, 1.54) is 0 Å². The number of rotatable bonds is 6. The highest BCUT2D eigenvalue weighted by molar-refractivity contribution is 6.33. The SMILES string of the molecule is N#Cc1cc(-c2ccnc(Cc3ccc(N4CCOCC4)c(Cl)c3)n2)ccc1OC1CCOCC1. The molecule has 2 aliphatic heterocycles. The highest BCUT2D eigenvalue weighted by Gasteiger charge is 2.18. The molecule has 35 heavy (non-hydrogen) atoms. The van der Waals surface area contributed by atoms with Crippen molar-refractivity contribution >= 4 is 17.3 Å². The second kappa shape index (κ2) is 11.0. The summed E-state index contributed by atoms with van der Waals surface area (Å²) in [7, 11) is 0. The summed E-state index contributed by atoms with van der Waals surface area (Å²) in [4.78, 5) is 11.5. The molecule has 0 aliphatic carbocycles. The maximum Gasteiger partial charge on any atom is 0.137 e.